The predicted octanol–water partition coefficient (Wildman–Crippen LogP) is 2.31. The van der Waals surface area contributed by atoms with Crippen molar-refractivity contribution in [3.05, 3.63) is 0 Å². The van der Waals surface area contributed by atoms with Gasteiger partial charge in [-0.15, -0.1) is 0 Å². The molecule has 0 unspecified atom stereocenters. The molecule has 0 aromatic heterocycles. The van der Waals surface area contributed by atoms with Crippen molar-refractivity contribution >= 4 is 5.97 Å². The molecular weight excluding hydrogens is 214 g/mol. The quantitative estimate of drug-likeness (QED) is 0.708. The van der Waals surface area contributed by atoms with Gasteiger partial charge in [0.2, 0.25) is 0 Å². The van der Waals surface area contributed by atoms with Crippen LogP contribution >= 0.6 is 0 Å². The van der Waals surface area contributed by atoms with Crippen molar-refractivity contribution in [1.82, 2.24) is 4.90 Å². The molecular formula is C14H25NO2. The van der Waals surface area contributed by atoms with Crippen LogP contribution in [0.1, 0.15) is 40.0 Å². The number of fused-ring (bicyclic) bond motifs is 2. The van der Waals surface area contributed by atoms with Crippen molar-refractivity contribution < 1.29 is 9.53 Å². The normalized spacial score (nSPS) is 38.7. The van der Waals surface area contributed by atoms with Crippen molar-refractivity contribution in [2.24, 2.45) is 16.7 Å². The smallest absolute Gasteiger partial charge is 0.320 e. The summed E-state index contributed by atoms with van der Waals surface area (Å²) in [7, 11) is 3.79. The Kier molecular flexibility index (Phi) is 3.01. The molecule has 17 heavy (non-hydrogen) atoms. The van der Waals surface area contributed by atoms with Gasteiger partial charge in [-0.2, -0.15) is 0 Å². The molecule has 0 radical (unpaired) electrons. The van der Waals surface area contributed by atoms with Crippen molar-refractivity contribution in [3.8, 4) is 0 Å². The van der Waals surface area contributed by atoms with Crippen LogP contribution in [0.5, 0.6) is 0 Å². The third-order valence-corrected chi connectivity index (χ3v) is 5.43. The first-order chi connectivity index (χ1) is 7.77. The van der Waals surface area contributed by atoms with E-state index in [0.29, 0.717) is 12.0 Å². The number of hydrogen-bond acceptors (Lipinski definition) is 3. The Bertz CT molecular complexity index is 324. The molecule has 0 N–H and O–H groups in total. The summed E-state index contributed by atoms with van der Waals surface area (Å²) in [6.45, 7) is 7.36. The van der Waals surface area contributed by atoms with E-state index in [-0.39, 0.29) is 17.5 Å². The Balaban J connectivity index is 2.03. The fraction of sp³-hybridized carbons (Fsp3) is 0.929. The largest absolute Gasteiger partial charge is 0.461 e. The Morgan fingerprint density at radius 3 is 2.41 bits per heavy atom. The van der Waals surface area contributed by atoms with Crippen LogP contribution in [0.3, 0.4) is 0 Å². The van der Waals surface area contributed by atoms with Crippen LogP contribution in [-0.2, 0) is 9.53 Å². The number of rotatable bonds is 3. The summed E-state index contributed by atoms with van der Waals surface area (Å²) >= 11 is 0. The van der Waals surface area contributed by atoms with Gasteiger partial charge in [-0.1, -0.05) is 20.8 Å². The van der Waals surface area contributed by atoms with Crippen LogP contribution in [0.2, 0.25) is 0 Å². The molecule has 2 saturated carbocycles. The molecule has 0 aliphatic heterocycles. The predicted molar refractivity (Wildman–Crippen MR) is 67.7 cm³/mol. The lowest BCUT2D eigenvalue weighted by atomic mass is 9.70. The van der Waals surface area contributed by atoms with Crippen LogP contribution in [0, 0.1) is 16.7 Å². The van der Waals surface area contributed by atoms with E-state index in [2.05, 4.69) is 20.8 Å². The molecule has 3 nitrogen and oxygen atoms in total. The van der Waals surface area contributed by atoms with Crippen LogP contribution in [0.4, 0.5) is 0 Å². The molecule has 3 heteroatoms. The van der Waals surface area contributed by atoms with Gasteiger partial charge >= 0.3 is 5.97 Å². The SMILES string of the molecule is CN(C)CC(=O)O[C@H]1C[C@H]2CC[C@@]1(C)C2(C)C. The number of hydrogen-bond donors (Lipinski definition) is 0. The highest BCUT2D eigenvalue weighted by molar-refractivity contribution is 5.72. The van der Waals surface area contributed by atoms with Gasteiger partial charge < -0.3 is 4.74 Å². The van der Waals surface area contributed by atoms with Crippen LogP contribution in [0.25, 0.3) is 0 Å². The standard InChI is InChI=1S/C14H25NO2/c1-13(2)10-6-7-14(13,3)11(8-10)17-12(16)9-15(4)5/h10-11H,6-9H2,1-5H3/t10-,11+,14-/m1/s1. The molecule has 98 valence electrons. The van der Waals surface area contributed by atoms with E-state index >= 15 is 0 Å². The molecule has 2 bridgehead atoms. The number of carbonyl (C=O) groups excluding carboxylic acids is 1. The van der Waals surface area contributed by atoms with E-state index < -0.39 is 0 Å². The monoisotopic (exact) mass is 239 g/mol. The molecule has 0 spiro atoms. The summed E-state index contributed by atoms with van der Waals surface area (Å²) in [6.07, 6.45) is 3.68. The van der Waals surface area contributed by atoms with Gasteiger partial charge in [0.1, 0.15) is 6.10 Å². The second-order valence-corrected chi connectivity index (χ2v) is 6.83. The topological polar surface area (TPSA) is 29.5 Å². The summed E-state index contributed by atoms with van der Waals surface area (Å²) in [6, 6.07) is 0. The summed E-state index contributed by atoms with van der Waals surface area (Å²) in [5, 5.41) is 0. The summed E-state index contributed by atoms with van der Waals surface area (Å²) in [4.78, 5) is 13.6. The maximum atomic E-state index is 11.8. The van der Waals surface area contributed by atoms with Crippen LogP contribution in [0.15, 0.2) is 0 Å². The maximum Gasteiger partial charge on any atom is 0.320 e. The molecule has 0 saturated heterocycles. The maximum absolute atomic E-state index is 11.8. The van der Waals surface area contributed by atoms with Gasteiger partial charge in [-0.05, 0) is 44.7 Å². The van der Waals surface area contributed by atoms with Crippen LogP contribution in [-0.4, -0.2) is 37.6 Å². The Morgan fingerprint density at radius 2 is 2.00 bits per heavy atom. The molecule has 2 aliphatic carbocycles. The van der Waals surface area contributed by atoms with Crippen molar-refractivity contribution in [2.75, 3.05) is 20.6 Å². The molecule has 0 amide bonds. The Hall–Kier alpha value is -0.570. The second kappa shape index (κ2) is 3.98. The van der Waals surface area contributed by atoms with Crippen LogP contribution < -0.4 is 0 Å². The zero-order valence-electron chi connectivity index (χ0n) is 11.7. The minimum atomic E-state index is -0.0791. The molecule has 0 aromatic carbocycles. The minimum absolute atomic E-state index is 0.0791. The summed E-state index contributed by atoms with van der Waals surface area (Å²) in [5.41, 5.74) is 0.496. The van der Waals surface area contributed by atoms with Gasteiger partial charge in [0, 0.05) is 5.41 Å². The average Bonchev–Trinajstić information content (AvgIpc) is 2.49. The summed E-state index contributed by atoms with van der Waals surface area (Å²) < 4.78 is 5.71. The van der Waals surface area contributed by atoms with Crippen molar-refractivity contribution in [1.29, 1.82) is 0 Å². The lowest BCUT2D eigenvalue weighted by Gasteiger charge is -2.38. The Morgan fingerprint density at radius 1 is 1.35 bits per heavy atom. The van der Waals surface area contributed by atoms with E-state index in [1.165, 1.54) is 12.8 Å². The van der Waals surface area contributed by atoms with E-state index in [9.17, 15) is 4.79 Å². The third kappa shape index (κ3) is 1.88. The number of ether oxygens (including phenoxy) is 1. The van der Waals surface area contributed by atoms with Crippen molar-refractivity contribution in [3.63, 3.8) is 0 Å². The van der Waals surface area contributed by atoms with E-state index in [4.69, 9.17) is 4.74 Å². The van der Waals surface area contributed by atoms with E-state index in [1.807, 2.05) is 19.0 Å². The molecule has 2 fully saturated rings. The van der Waals surface area contributed by atoms with E-state index in [1.54, 1.807) is 0 Å². The highest BCUT2D eigenvalue weighted by atomic mass is 16.5. The molecule has 0 aromatic rings. The second-order valence-electron chi connectivity index (χ2n) is 6.83. The molecule has 2 rings (SSSR count). The molecule has 3 atom stereocenters. The minimum Gasteiger partial charge on any atom is -0.461 e. The average molecular weight is 239 g/mol. The first-order valence-corrected chi connectivity index (χ1v) is 6.61. The first-order valence-electron chi connectivity index (χ1n) is 6.61. The number of carbonyl (C=O) groups is 1. The number of likely N-dealkylation sites (N-methyl/N-ethyl adjacent to an activating group) is 1. The molecule has 2 aliphatic rings. The summed E-state index contributed by atoms with van der Waals surface area (Å²) in [5.74, 6) is 0.647. The van der Waals surface area contributed by atoms with Gasteiger partial charge in [-0.3, -0.25) is 9.69 Å². The lowest BCUT2D eigenvalue weighted by molar-refractivity contribution is -0.157. The van der Waals surface area contributed by atoms with Gasteiger partial charge in [-0.25, -0.2) is 0 Å². The Labute approximate surface area is 105 Å². The lowest BCUT2D eigenvalue weighted by Crippen LogP contribution is -2.39. The zero-order valence-corrected chi connectivity index (χ0v) is 11.7. The fourth-order valence-corrected chi connectivity index (χ4v) is 3.76. The van der Waals surface area contributed by atoms with Gasteiger partial charge in [0.05, 0.1) is 6.54 Å². The highest BCUT2D eigenvalue weighted by Crippen LogP contribution is 2.66. The fourth-order valence-electron chi connectivity index (χ4n) is 3.76. The number of esters is 1. The highest BCUT2D eigenvalue weighted by Gasteiger charge is 2.62. The van der Waals surface area contributed by atoms with E-state index in [0.717, 1.165) is 12.3 Å². The van der Waals surface area contributed by atoms with Crippen molar-refractivity contribution in [2.45, 2.75) is 46.1 Å². The zero-order chi connectivity index (χ0) is 12.8. The molecule has 0 heterocycles. The first kappa shape index (κ1) is 12.9. The third-order valence-electron chi connectivity index (χ3n) is 5.43. The van der Waals surface area contributed by atoms with Gasteiger partial charge in [0.25, 0.3) is 0 Å². The number of nitrogens with zero attached hydrogens (tertiary/aromatic N) is 1. The van der Waals surface area contributed by atoms with Gasteiger partial charge in [0.15, 0.2) is 0 Å².